The van der Waals surface area contributed by atoms with Crippen molar-refractivity contribution in [3.8, 4) is 0 Å². The van der Waals surface area contributed by atoms with Crippen LogP contribution >= 0.6 is 0 Å². The Kier molecular flexibility index (Phi) is 5.81. The number of nitrogens with zero attached hydrogens (tertiary/aromatic N) is 4. The number of piperazine rings is 1. The number of hydrogen-bond donors (Lipinski definition) is 4. The Morgan fingerprint density at radius 3 is 2.62 bits per heavy atom. The van der Waals surface area contributed by atoms with E-state index in [-0.39, 0.29) is 0 Å². The lowest BCUT2D eigenvalue weighted by atomic mass is 9.93. The number of H-pyrrole nitrogens is 1. The zero-order valence-corrected chi connectivity index (χ0v) is 18.9. The predicted molar refractivity (Wildman–Crippen MR) is 137 cm³/mol. The van der Waals surface area contributed by atoms with Crippen LogP contribution in [-0.4, -0.2) is 66.8 Å². The molecule has 4 aromatic rings. The van der Waals surface area contributed by atoms with Gasteiger partial charge in [-0.05, 0) is 37.4 Å². The number of fused-ring (bicyclic) bond motifs is 1. The van der Waals surface area contributed by atoms with Gasteiger partial charge in [-0.25, -0.2) is 0 Å². The molecule has 9 nitrogen and oxygen atoms in total. The number of para-hydroxylation sites is 1. The van der Waals surface area contributed by atoms with Crippen LogP contribution in [0.25, 0.3) is 11.0 Å². The molecule has 34 heavy (non-hydrogen) atoms. The molecule has 2 radical (unpaired) electrons. The van der Waals surface area contributed by atoms with Crippen LogP contribution in [0.2, 0.25) is 0 Å². The van der Waals surface area contributed by atoms with Gasteiger partial charge in [0.05, 0.1) is 16.6 Å². The van der Waals surface area contributed by atoms with E-state index in [0.717, 1.165) is 42.9 Å². The minimum absolute atomic E-state index is 0.372. The monoisotopic (exact) mass is 452 g/mol. The molecule has 2 aromatic carbocycles. The maximum Gasteiger partial charge on any atom is 0.250 e. The summed E-state index contributed by atoms with van der Waals surface area (Å²) in [6.07, 6.45) is 1.79. The first-order valence-corrected chi connectivity index (χ1v) is 11.1. The highest BCUT2D eigenvalue weighted by Gasteiger charge is 2.16. The summed E-state index contributed by atoms with van der Waals surface area (Å²) in [6.45, 7) is 3.94. The molecule has 0 saturated carbocycles. The van der Waals surface area contributed by atoms with Crippen LogP contribution in [-0.2, 0) is 0 Å². The summed E-state index contributed by atoms with van der Waals surface area (Å²) < 4.78 is 0. The van der Waals surface area contributed by atoms with Crippen molar-refractivity contribution in [3.63, 3.8) is 0 Å². The minimum Gasteiger partial charge on any atom is -0.369 e. The molecule has 1 aliphatic heterocycles. The Balaban J connectivity index is 1.47. The lowest BCUT2D eigenvalue weighted by Gasteiger charge is -2.34. The third kappa shape index (κ3) is 4.40. The Morgan fingerprint density at radius 2 is 1.82 bits per heavy atom. The number of carbonyl (C=O) groups is 1. The first kappa shape index (κ1) is 21.8. The van der Waals surface area contributed by atoms with Crippen molar-refractivity contribution in [3.05, 3.63) is 60.3 Å². The number of amides is 1. The number of aromatic amines is 1. The van der Waals surface area contributed by atoms with E-state index in [1.807, 2.05) is 30.3 Å². The van der Waals surface area contributed by atoms with Crippen LogP contribution in [0.4, 0.5) is 28.8 Å². The second-order valence-electron chi connectivity index (χ2n) is 8.36. The number of anilines is 5. The summed E-state index contributed by atoms with van der Waals surface area (Å²) in [5, 5.41) is 7.29. The zero-order chi connectivity index (χ0) is 23.7. The van der Waals surface area contributed by atoms with Crippen molar-refractivity contribution in [2.75, 3.05) is 48.8 Å². The highest BCUT2D eigenvalue weighted by molar-refractivity contribution is 6.36. The van der Waals surface area contributed by atoms with Crippen molar-refractivity contribution in [1.29, 1.82) is 0 Å². The maximum atomic E-state index is 11.9. The Bertz CT molecular complexity index is 1350. The van der Waals surface area contributed by atoms with Crippen LogP contribution in [0.15, 0.2) is 54.7 Å². The fraction of sp³-hybridized carbons (Fsp3) is 0.208. The number of rotatable bonds is 6. The van der Waals surface area contributed by atoms with Crippen molar-refractivity contribution in [2.45, 2.75) is 0 Å². The SMILES string of the molecule is [B]c1ccc(N2CCN(C)CC2)cc1Nc1nc(Nc2ccccc2C(N)=O)c2cc[nH]c2n1. The fourth-order valence-electron chi connectivity index (χ4n) is 4.06. The lowest BCUT2D eigenvalue weighted by molar-refractivity contribution is 0.100. The third-order valence-electron chi connectivity index (χ3n) is 6.01. The minimum atomic E-state index is -0.519. The van der Waals surface area contributed by atoms with Crippen LogP contribution in [0.3, 0.4) is 0 Å². The first-order chi connectivity index (χ1) is 16.5. The number of primary amides is 1. The molecule has 1 aliphatic rings. The molecule has 1 fully saturated rings. The Labute approximate surface area is 198 Å². The van der Waals surface area contributed by atoms with Crippen LogP contribution in [0.1, 0.15) is 10.4 Å². The average Bonchev–Trinajstić information content (AvgIpc) is 3.30. The maximum absolute atomic E-state index is 11.9. The number of benzene rings is 2. The van der Waals surface area contributed by atoms with Crippen molar-refractivity contribution in [2.24, 2.45) is 5.73 Å². The average molecular weight is 452 g/mol. The molecule has 10 heteroatoms. The quantitative estimate of drug-likeness (QED) is 0.331. The van der Waals surface area contributed by atoms with Crippen molar-refractivity contribution in [1.82, 2.24) is 19.9 Å². The molecule has 170 valence electrons. The van der Waals surface area contributed by atoms with Gasteiger partial charge in [-0.1, -0.05) is 23.7 Å². The number of aromatic nitrogens is 3. The van der Waals surface area contributed by atoms with Gasteiger partial charge < -0.3 is 31.2 Å². The highest BCUT2D eigenvalue weighted by Crippen LogP contribution is 2.28. The lowest BCUT2D eigenvalue weighted by Crippen LogP contribution is -2.44. The van der Waals surface area contributed by atoms with Gasteiger partial charge in [-0.15, -0.1) is 0 Å². The Hall–Kier alpha value is -4.05. The van der Waals surface area contributed by atoms with Gasteiger partial charge in [-0.3, -0.25) is 4.79 Å². The van der Waals surface area contributed by atoms with Gasteiger partial charge in [0.25, 0.3) is 5.91 Å². The molecule has 1 saturated heterocycles. The van der Waals surface area contributed by atoms with Crippen molar-refractivity contribution < 1.29 is 4.79 Å². The van der Waals surface area contributed by atoms with E-state index in [9.17, 15) is 4.79 Å². The van der Waals surface area contributed by atoms with E-state index >= 15 is 0 Å². The van der Waals surface area contributed by atoms with Gasteiger partial charge in [-0.2, -0.15) is 9.97 Å². The van der Waals surface area contributed by atoms with Gasteiger partial charge in [0.15, 0.2) is 0 Å². The molecule has 0 bridgehead atoms. The second-order valence-corrected chi connectivity index (χ2v) is 8.36. The fourth-order valence-corrected chi connectivity index (χ4v) is 4.06. The number of carbonyl (C=O) groups excluding carboxylic acids is 1. The number of nitrogens with two attached hydrogens (primary N) is 1. The van der Waals surface area contributed by atoms with Crippen molar-refractivity contribution >= 4 is 59.1 Å². The molecular formula is C24H25BN8O. The molecule has 5 N–H and O–H groups in total. The largest absolute Gasteiger partial charge is 0.369 e. The molecule has 0 unspecified atom stereocenters. The molecule has 5 rings (SSSR count). The van der Waals surface area contributed by atoms with Gasteiger partial charge in [0.1, 0.15) is 19.3 Å². The second kappa shape index (κ2) is 9.07. The molecular weight excluding hydrogens is 427 g/mol. The summed E-state index contributed by atoms with van der Waals surface area (Å²) in [5.41, 5.74) is 9.56. The third-order valence-corrected chi connectivity index (χ3v) is 6.01. The first-order valence-electron chi connectivity index (χ1n) is 11.1. The molecule has 0 spiro atoms. The van der Waals surface area contributed by atoms with Crippen LogP contribution in [0.5, 0.6) is 0 Å². The normalized spacial score (nSPS) is 14.3. The number of nitrogens with one attached hydrogen (secondary N) is 3. The summed E-state index contributed by atoms with van der Waals surface area (Å²) >= 11 is 0. The molecule has 0 atom stereocenters. The van der Waals surface area contributed by atoms with Crippen LogP contribution in [0, 0.1) is 0 Å². The predicted octanol–water partition coefficient (Wildman–Crippen LogP) is 2.09. The van der Waals surface area contributed by atoms with Gasteiger partial charge in [0, 0.05) is 43.8 Å². The van der Waals surface area contributed by atoms with E-state index < -0.39 is 5.91 Å². The van der Waals surface area contributed by atoms with Crippen LogP contribution < -0.4 is 26.7 Å². The van der Waals surface area contributed by atoms with E-state index in [2.05, 4.69) is 42.4 Å². The Morgan fingerprint density at radius 1 is 1.03 bits per heavy atom. The number of hydrogen-bond acceptors (Lipinski definition) is 7. The topological polar surface area (TPSA) is 115 Å². The van der Waals surface area contributed by atoms with E-state index in [4.69, 9.17) is 13.6 Å². The molecule has 3 heterocycles. The van der Waals surface area contributed by atoms with Gasteiger partial charge >= 0.3 is 0 Å². The zero-order valence-electron chi connectivity index (χ0n) is 18.9. The summed E-state index contributed by atoms with van der Waals surface area (Å²) in [5.74, 6) is 0.391. The standard InChI is InChI=1S/C24H25BN8O/c1-32-10-12-33(13-11-32)15-6-7-18(25)20(14-15)29-24-30-22-17(8-9-27-22)23(31-24)28-19-5-3-2-4-16(19)21(26)34/h2-9,14H,10-13H2,1H3,(H2,26,34)(H3,27,28,29,30,31). The number of likely N-dealkylation sites (N-methyl/N-ethyl adjacent to an activating group) is 1. The highest BCUT2D eigenvalue weighted by atomic mass is 16.1. The van der Waals surface area contributed by atoms with E-state index in [1.54, 1.807) is 24.4 Å². The van der Waals surface area contributed by atoms with Gasteiger partial charge in [0.2, 0.25) is 5.95 Å². The van der Waals surface area contributed by atoms with E-state index in [1.165, 1.54) is 0 Å². The summed E-state index contributed by atoms with van der Waals surface area (Å²) in [6, 6.07) is 14.9. The molecule has 1 amide bonds. The summed E-state index contributed by atoms with van der Waals surface area (Å²) in [7, 11) is 8.41. The van der Waals surface area contributed by atoms with E-state index in [0.29, 0.717) is 34.1 Å². The molecule has 0 aliphatic carbocycles. The molecule has 2 aromatic heterocycles. The smallest absolute Gasteiger partial charge is 0.250 e. The summed E-state index contributed by atoms with van der Waals surface area (Å²) in [4.78, 5) is 28.9.